The number of amides is 2. The number of rotatable bonds is 9. The molecule has 0 saturated heterocycles. The SMILES string of the molecule is O=C(NC1CCCC1)[C@@H](c1ccccc1F)N(CCc1ccccc1)C(=O)Cc1cccs1. The molecule has 3 aromatic rings. The van der Waals surface area contributed by atoms with Gasteiger partial charge in [0.05, 0.1) is 6.42 Å². The molecule has 1 fully saturated rings. The lowest BCUT2D eigenvalue weighted by Crippen LogP contribution is -2.47. The Morgan fingerprint density at radius 3 is 2.42 bits per heavy atom. The zero-order valence-electron chi connectivity index (χ0n) is 18.6. The number of thiophene rings is 1. The highest BCUT2D eigenvalue weighted by Crippen LogP contribution is 2.27. The number of benzene rings is 2. The van der Waals surface area contributed by atoms with Crippen LogP contribution >= 0.6 is 11.3 Å². The first-order valence-corrected chi connectivity index (χ1v) is 12.4. The summed E-state index contributed by atoms with van der Waals surface area (Å²) < 4.78 is 15.0. The lowest BCUT2D eigenvalue weighted by Gasteiger charge is -2.32. The van der Waals surface area contributed by atoms with Crippen molar-refractivity contribution >= 4 is 23.2 Å². The van der Waals surface area contributed by atoms with Gasteiger partial charge < -0.3 is 10.2 Å². The predicted molar refractivity (Wildman–Crippen MR) is 129 cm³/mol. The summed E-state index contributed by atoms with van der Waals surface area (Å²) in [7, 11) is 0. The van der Waals surface area contributed by atoms with E-state index < -0.39 is 11.9 Å². The summed E-state index contributed by atoms with van der Waals surface area (Å²) in [4.78, 5) is 29.6. The van der Waals surface area contributed by atoms with E-state index in [1.807, 2.05) is 47.8 Å². The minimum absolute atomic E-state index is 0.0788. The van der Waals surface area contributed by atoms with Gasteiger partial charge in [-0.3, -0.25) is 9.59 Å². The Morgan fingerprint density at radius 2 is 1.73 bits per heavy atom. The Labute approximate surface area is 198 Å². The topological polar surface area (TPSA) is 49.4 Å². The van der Waals surface area contributed by atoms with Crippen molar-refractivity contribution in [3.8, 4) is 0 Å². The summed E-state index contributed by atoms with van der Waals surface area (Å²) in [5.41, 5.74) is 1.30. The minimum atomic E-state index is -1.01. The van der Waals surface area contributed by atoms with Gasteiger partial charge in [0.15, 0.2) is 0 Å². The van der Waals surface area contributed by atoms with Crippen molar-refractivity contribution < 1.29 is 14.0 Å². The molecule has 0 unspecified atom stereocenters. The van der Waals surface area contributed by atoms with Gasteiger partial charge in [-0.2, -0.15) is 0 Å². The van der Waals surface area contributed by atoms with Gasteiger partial charge in [-0.25, -0.2) is 4.39 Å². The standard InChI is InChI=1S/C27H29FN2O2S/c28-24-15-7-6-14-23(24)26(27(32)29-21-11-4-5-12-21)30(17-16-20-9-2-1-3-10-20)25(31)19-22-13-8-18-33-22/h1-3,6-10,13-15,18,21,26H,4-5,11-12,16-17,19H2,(H,29,32)/t26-/m1/s1. The Balaban J connectivity index is 1.66. The van der Waals surface area contributed by atoms with Crippen LogP contribution < -0.4 is 5.32 Å². The van der Waals surface area contributed by atoms with Crippen molar-refractivity contribution in [1.82, 2.24) is 10.2 Å². The lowest BCUT2D eigenvalue weighted by molar-refractivity contribution is -0.140. The molecular weight excluding hydrogens is 435 g/mol. The van der Waals surface area contributed by atoms with E-state index in [9.17, 15) is 14.0 Å². The summed E-state index contributed by atoms with van der Waals surface area (Å²) in [6.45, 7) is 0.325. The Morgan fingerprint density at radius 1 is 1.00 bits per heavy atom. The molecule has 0 spiro atoms. The molecule has 0 aliphatic heterocycles. The maximum Gasteiger partial charge on any atom is 0.247 e. The highest BCUT2D eigenvalue weighted by Gasteiger charge is 2.34. The molecule has 2 aromatic carbocycles. The molecular formula is C27H29FN2O2S. The molecule has 4 nitrogen and oxygen atoms in total. The van der Waals surface area contributed by atoms with Gasteiger partial charge >= 0.3 is 0 Å². The maximum atomic E-state index is 15.0. The highest BCUT2D eigenvalue weighted by molar-refractivity contribution is 7.10. The normalized spacial score (nSPS) is 14.7. The number of hydrogen-bond donors (Lipinski definition) is 1. The predicted octanol–water partition coefficient (Wildman–Crippen LogP) is 5.30. The van der Waals surface area contributed by atoms with Crippen LogP contribution in [0.5, 0.6) is 0 Å². The number of hydrogen-bond acceptors (Lipinski definition) is 3. The van der Waals surface area contributed by atoms with E-state index in [1.165, 1.54) is 17.4 Å². The molecule has 1 atom stereocenters. The molecule has 1 N–H and O–H groups in total. The van der Waals surface area contributed by atoms with Crippen LogP contribution in [-0.2, 0) is 22.4 Å². The van der Waals surface area contributed by atoms with Gasteiger partial charge in [0.2, 0.25) is 11.8 Å². The maximum absolute atomic E-state index is 15.0. The van der Waals surface area contributed by atoms with Gasteiger partial charge in [-0.05, 0) is 42.3 Å². The third kappa shape index (κ3) is 6.08. The van der Waals surface area contributed by atoms with Crippen LogP contribution in [0.25, 0.3) is 0 Å². The Kier molecular flexibility index (Phi) is 7.89. The van der Waals surface area contributed by atoms with Crippen molar-refractivity contribution in [3.63, 3.8) is 0 Å². The Hall–Kier alpha value is -2.99. The molecule has 172 valence electrons. The van der Waals surface area contributed by atoms with Crippen molar-refractivity contribution in [2.75, 3.05) is 6.54 Å². The van der Waals surface area contributed by atoms with E-state index in [0.29, 0.717) is 13.0 Å². The van der Waals surface area contributed by atoms with Gasteiger partial charge in [0.25, 0.3) is 0 Å². The summed E-state index contributed by atoms with van der Waals surface area (Å²) in [6, 6.07) is 19.0. The molecule has 1 heterocycles. The largest absolute Gasteiger partial charge is 0.351 e. The third-order valence-corrected chi connectivity index (χ3v) is 7.05. The monoisotopic (exact) mass is 464 g/mol. The first-order valence-electron chi connectivity index (χ1n) is 11.5. The summed E-state index contributed by atoms with van der Waals surface area (Å²) in [5.74, 6) is -0.958. The van der Waals surface area contributed by atoms with E-state index in [1.54, 1.807) is 23.1 Å². The van der Waals surface area contributed by atoms with Crippen molar-refractivity contribution in [3.05, 3.63) is 93.9 Å². The molecule has 1 aliphatic rings. The number of nitrogens with zero attached hydrogens (tertiary/aromatic N) is 1. The molecule has 0 bridgehead atoms. The van der Waals surface area contributed by atoms with Gasteiger partial charge in [-0.1, -0.05) is 67.4 Å². The van der Waals surface area contributed by atoms with Crippen LogP contribution in [0.4, 0.5) is 4.39 Å². The highest BCUT2D eigenvalue weighted by atomic mass is 32.1. The third-order valence-electron chi connectivity index (χ3n) is 6.17. The Bertz CT molecular complexity index is 1050. The fourth-order valence-corrected chi connectivity index (χ4v) is 5.15. The number of carbonyl (C=O) groups excluding carboxylic acids is 2. The molecule has 0 radical (unpaired) electrons. The first kappa shape index (κ1) is 23.2. The van der Waals surface area contributed by atoms with Crippen molar-refractivity contribution in [1.29, 1.82) is 0 Å². The van der Waals surface area contributed by atoms with E-state index in [4.69, 9.17) is 0 Å². The summed E-state index contributed by atoms with van der Waals surface area (Å²) >= 11 is 1.51. The summed E-state index contributed by atoms with van der Waals surface area (Å²) in [5, 5.41) is 5.03. The second kappa shape index (κ2) is 11.2. The molecule has 6 heteroatoms. The number of halogens is 1. The van der Waals surface area contributed by atoms with E-state index in [-0.39, 0.29) is 29.8 Å². The van der Waals surface area contributed by atoms with Gasteiger partial charge in [0, 0.05) is 23.0 Å². The number of carbonyl (C=O) groups is 2. The molecule has 33 heavy (non-hydrogen) atoms. The van der Waals surface area contributed by atoms with Crippen LogP contribution in [0.2, 0.25) is 0 Å². The van der Waals surface area contributed by atoms with E-state index in [0.717, 1.165) is 36.1 Å². The van der Waals surface area contributed by atoms with Crippen LogP contribution in [0.1, 0.15) is 47.7 Å². The zero-order valence-corrected chi connectivity index (χ0v) is 19.4. The van der Waals surface area contributed by atoms with E-state index >= 15 is 0 Å². The molecule has 4 rings (SSSR count). The smallest absolute Gasteiger partial charge is 0.247 e. The fourth-order valence-electron chi connectivity index (χ4n) is 4.45. The van der Waals surface area contributed by atoms with Crippen LogP contribution in [-0.4, -0.2) is 29.3 Å². The molecule has 2 amide bonds. The summed E-state index contributed by atoms with van der Waals surface area (Å²) in [6.07, 6.45) is 4.76. The molecule has 1 saturated carbocycles. The van der Waals surface area contributed by atoms with Crippen molar-refractivity contribution in [2.45, 2.75) is 50.6 Å². The number of nitrogens with one attached hydrogen (secondary N) is 1. The minimum Gasteiger partial charge on any atom is -0.351 e. The van der Waals surface area contributed by atoms with Crippen LogP contribution in [0, 0.1) is 5.82 Å². The first-order chi connectivity index (χ1) is 16.1. The van der Waals surface area contributed by atoms with Gasteiger partial charge in [0.1, 0.15) is 11.9 Å². The fraction of sp³-hybridized carbons (Fsp3) is 0.333. The average Bonchev–Trinajstić information content (AvgIpc) is 3.52. The quantitative estimate of drug-likeness (QED) is 0.467. The average molecular weight is 465 g/mol. The molecule has 1 aliphatic carbocycles. The van der Waals surface area contributed by atoms with Crippen LogP contribution in [0.15, 0.2) is 72.1 Å². The zero-order chi connectivity index (χ0) is 23.0. The van der Waals surface area contributed by atoms with Gasteiger partial charge in [-0.15, -0.1) is 11.3 Å². The second-order valence-electron chi connectivity index (χ2n) is 8.49. The van der Waals surface area contributed by atoms with Crippen molar-refractivity contribution in [2.24, 2.45) is 0 Å². The lowest BCUT2D eigenvalue weighted by atomic mass is 10.0. The van der Waals surface area contributed by atoms with E-state index in [2.05, 4.69) is 5.32 Å². The van der Waals surface area contributed by atoms with Crippen LogP contribution in [0.3, 0.4) is 0 Å². The second-order valence-corrected chi connectivity index (χ2v) is 9.53. The molecule has 1 aromatic heterocycles.